The first kappa shape index (κ1) is 9.93. The molecule has 4 heteroatoms. The molecule has 14 heavy (non-hydrogen) atoms. The second kappa shape index (κ2) is 4.75. The lowest BCUT2D eigenvalue weighted by Gasteiger charge is -2.06. The average Bonchev–Trinajstić information content (AvgIpc) is 2.70. The Kier molecular flexibility index (Phi) is 3.37. The molecule has 1 atom stereocenters. The molecule has 0 spiro atoms. The molecule has 0 saturated carbocycles. The molecule has 0 unspecified atom stereocenters. The molecule has 76 valence electrons. The summed E-state index contributed by atoms with van der Waals surface area (Å²) in [4.78, 5) is 0. The van der Waals surface area contributed by atoms with E-state index >= 15 is 0 Å². The quantitative estimate of drug-likeness (QED) is 0.765. The van der Waals surface area contributed by atoms with Crippen LogP contribution in [0.2, 0.25) is 0 Å². The van der Waals surface area contributed by atoms with Crippen LogP contribution in [0.15, 0.2) is 17.2 Å². The Hall–Kier alpha value is -0.610. The van der Waals surface area contributed by atoms with Crippen molar-refractivity contribution in [3.63, 3.8) is 0 Å². The molecule has 1 aromatic heterocycles. The number of aryl methyl sites for hydroxylation is 1. The second-order valence-corrected chi connectivity index (χ2v) is 4.72. The summed E-state index contributed by atoms with van der Waals surface area (Å²) in [7, 11) is 0. The van der Waals surface area contributed by atoms with Gasteiger partial charge >= 0.3 is 0 Å². The molecule has 2 heterocycles. The molecule has 1 fully saturated rings. The van der Waals surface area contributed by atoms with Crippen LogP contribution in [-0.4, -0.2) is 29.0 Å². The molecule has 2 rings (SSSR count). The van der Waals surface area contributed by atoms with Crippen LogP contribution in [0, 0.1) is 12.8 Å². The topological polar surface area (TPSA) is 37.8 Å². The zero-order chi connectivity index (χ0) is 9.80. The van der Waals surface area contributed by atoms with Crippen LogP contribution in [0.3, 0.4) is 0 Å². The van der Waals surface area contributed by atoms with Gasteiger partial charge in [0.25, 0.3) is 0 Å². The summed E-state index contributed by atoms with van der Waals surface area (Å²) in [6.45, 7) is 4.29. The number of hydrogen-bond donors (Lipinski definition) is 1. The summed E-state index contributed by atoms with van der Waals surface area (Å²) in [5.74, 6) is 1.97. The van der Waals surface area contributed by atoms with Crippen molar-refractivity contribution in [2.45, 2.75) is 18.4 Å². The lowest BCUT2D eigenvalue weighted by molar-refractivity contribution is 0.662. The lowest BCUT2D eigenvalue weighted by atomic mass is 10.2. The van der Waals surface area contributed by atoms with E-state index in [9.17, 15) is 0 Å². The van der Waals surface area contributed by atoms with Crippen LogP contribution in [0.4, 0.5) is 0 Å². The van der Waals surface area contributed by atoms with Crippen LogP contribution in [0.5, 0.6) is 0 Å². The van der Waals surface area contributed by atoms with Crippen molar-refractivity contribution in [1.82, 2.24) is 15.5 Å². The second-order valence-electron chi connectivity index (χ2n) is 3.68. The highest BCUT2D eigenvalue weighted by atomic mass is 32.2. The van der Waals surface area contributed by atoms with Gasteiger partial charge < -0.3 is 5.32 Å². The third kappa shape index (κ3) is 2.69. The maximum Gasteiger partial charge on any atom is 0.119 e. The van der Waals surface area contributed by atoms with E-state index in [2.05, 4.69) is 21.6 Å². The van der Waals surface area contributed by atoms with E-state index in [1.165, 1.54) is 13.0 Å². The minimum atomic E-state index is 0.808. The van der Waals surface area contributed by atoms with Gasteiger partial charge in [-0.05, 0) is 44.5 Å². The molecular weight excluding hydrogens is 194 g/mol. The molecule has 0 radical (unpaired) electrons. The van der Waals surface area contributed by atoms with Crippen LogP contribution < -0.4 is 5.32 Å². The number of hydrogen-bond acceptors (Lipinski definition) is 4. The van der Waals surface area contributed by atoms with Gasteiger partial charge in [-0.15, -0.1) is 16.9 Å². The molecule has 0 amide bonds. The zero-order valence-corrected chi connectivity index (χ0v) is 9.18. The van der Waals surface area contributed by atoms with Gasteiger partial charge in [0.15, 0.2) is 0 Å². The molecule has 0 aliphatic carbocycles. The highest BCUT2D eigenvalue weighted by Crippen LogP contribution is 2.20. The van der Waals surface area contributed by atoms with Gasteiger partial charge in [-0.1, -0.05) is 0 Å². The van der Waals surface area contributed by atoms with Crippen LogP contribution >= 0.6 is 11.8 Å². The Morgan fingerprint density at radius 3 is 3.07 bits per heavy atom. The van der Waals surface area contributed by atoms with Crippen LogP contribution in [-0.2, 0) is 0 Å². The first-order valence-corrected chi connectivity index (χ1v) is 5.97. The maximum atomic E-state index is 4.13. The summed E-state index contributed by atoms with van der Waals surface area (Å²) in [6.07, 6.45) is 1.30. The molecule has 0 bridgehead atoms. The Morgan fingerprint density at radius 1 is 1.50 bits per heavy atom. The monoisotopic (exact) mass is 209 g/mol. The number of thioether (sulfide) groups is 1. The molecule has 1 aliphatic rings. The number of nitrogens with zero attached hydrogens (tertiary/aromatic N) is 2. The molecule has 1 aliphatic heterocycles. The van der Waals surface area contributed by atoms with Crippen LogP contribution in [0.1, 0.15) is 12.1 Å². The lowest BCUT2D eigenvalue weighted by Crippen LogP contribution is -2.10. The van der Waals surface area contributed by atoms with E-state index in [1.807, 2.05) is 24.8 Å². The van der Waals surface area contributed by atoms with E-state index in [0.29, 0.717) is 0 Å². The van der Waals surface area contributed by atoms with E-state index in [1.54, 1.807) is 0 Å². The highest BCUT2D eigenvalue weighted by Gasteiger charge is 2.14. The van der Waals surface area contributed by atoms with Crippen LogP contribution in [0.25, 0.3) is 0 Å². The number of aromatic nitrogens is 2. The summed E-state index contributed by atoms with van der Waals surface area (Å²) in [5, 5.41) is 12.6. The zero-order valence-electron chi connectivity index (χ0n) is 8.36. The van der Waals surface area contributed by atoms with Crippen molar-refractivity contribution < 1.29 is 0 Å². The summed E-state index contributed by atoms with van der Waals surface area (Å²) in [6, 6.07) is 4.07. The maximum absolute atomic E-state index is 4.13. The highest BCUT2D eigenvalue weighted by molar-refractivity contribution is 7.99. The first-order valence-electron chi connectivity index (χ1n) is 4.98. The van der Waals surface area contributed by atoms with Gasteiger partial charge in [-0.2, -0.15) is 5.10 Å². The Labute approximate surface area is 88.7 Å². The van der Waals surface area contributed by atoms with Gasteiger partial charge in [0.05, 0.1) is 5.69 Å². The predicted octanol–water partition coefficient (Wildman–Crippen LogP) is 1.49. The van der Waals surface area contributed by atoms with E-state index in [0.717, 1.165) is 28.9 Å². The van der Waals surface area contributed by atoms with Gasteiger partial charge in [0.2, 0.25) is 0 Å². The Bertz CT molecular complexity index is 280. The molecule has 1 aromatic rings. The summed E-state index contributed by atoms with van der Waals surface area (Å²) >= 11 is 1.81. The van der Waals surface area contributed by atoms with E-state index < -0.39 is 0 Å². The molecule has 1 N–H and O–H groups in total. The van der Waals surface area contributed by atoms with Crippen molar-refractivity contribution in [2.24, 2.45) is 5.92 Å². The summed E-state index contributed by atoms with van der Waals surface area (Å²) in [5.41, 5.74) is 0.983. The third-order valence-corrected chi connectivity index (χ3v) is 3.55. The minimum absolute atomic E-state index is 0.808. The largest absolute Gasteiger partial charge is 0.316 e. The number of rotatable bonds is 3. The van der Waals surface area contributed by atoms with Crippen molar-refractivity contribution in [2.75, 3.05) is 18.8 Å². The standard InChI is InChI=1S/C10H15N3S/c1-8-2-3-10(13-12-8)14-7-9-4-5-11-6-9/h2-3,9,11H,4-7H2,1H3/t9-/m0/s1. The van der Waals surface area contributed by atoms with E-state index in [-0.39, 0.29) is 0 Å². The average molecular weight is 209 g/mol. The first-order chi connectivity index (χ1) is 6.84. The van der Waals surface area contributed by atoms with Gasteiger partial charge in [0, 0.05) is 5.75 Å². The van der Waals surface area contributed by atoms with Crippen molar-refractivity contribution in [1.29, 1.82) is 0 Å². The molecular formula is C10H15N3S. The number of nitrogens with one attached hydrogen (secondary N) is 1. The fourth-order valence-corrected chi connectivity index (χ4v) is 2.48. The van der Waals surface area contributed by atoms with Crippen molar-refractivity contribution in [3.8, 4) is 0 Å². The van der Waals surface area contributed by atoms with Gasteiger partial charge in [-0.25, -0.2) is 0 Å². The van der Waals surface area contributed by atoms with Crippen molar-refractivity contribution >= 4 is 11.8 Å². The van der Waals surface area contributed by atoms with Crippen molar-refractivity contribution in [3.05, 3.63) is 17.8 Å². The summed E-state index contributed by atoms with van der Waals surface area (Å²) < 4.78 is 0. The SMILES string of the molecule is Cc1ccc(SC[C@H]2CCNC2)nn1. The Morgan fingerprint density at radius 2 is 2.43 bits per heavy atom. The smallest absolute Gasteiger partial charge is 0.119 e. The van der Waals surface area contributed by atoms with E-state index in [4.69, 9.17) is 0 Å². The third-order valence-electron chi connectivity index (χ3n) is 2.40. The fourth-order valence-electron chi connectivity index (χ4n) is 1.52. The molecule has 3 nitrogen and oxygen atoms in total. The van der Waals surface area contributed by atoms with Gasteiger partial charge in [-0.3, -0.25) is 0 Å². The molecule has 0 aromatic carbocycles. The fraction of sp³-hybridized carbons (Fsp3) is 0.600. The van der Waals surface area contributed by atoms with Gasteiger partial charge in [0.1, 0.15) is 5.03 Å². The normalized spacial score (nSPS) is 21.4. The predicted molar refractivity (Wildman–Crippen MR) is 58.5 cm³/mol. The Balaban J connectivity index is 1.82. The molecule has 1 saturated heterocycles. The minimum Gasteiger partial charge on any atom is -0.316 e.